The van der Waals surface area contributed by atoms with Gasteiger partial charge in [0.15, 0.2) is 0 Å². The molecule has 1 heterocycles. The summed E-state index contributed by atoms with van der Waals surface area (Å²) in [5, 5.41) is 9.88. The summed E-state index contributed by atoms with van der Waals surface area (Å²) < 4.78 is 7.18. The Morgan fingerprint density at radius 2 is 2.17 bits per heavy atom. The maximum atomic E-state index is 12.8. The molecule has 1 aliphatic heterocycles. The molecule has 0 fully saturated rings. The van der Waals surface area contributed by atoms with E-state index < -0.39 is 6.04 Å². The lowest BCUT2D eigenvalue weighted by Gasteiger charge is -2.26. The van der Waals surface area contributed by atoms with Gasteiger partial charge in [0.1, 0.15) is 5.75 Å². The number of fused-ring (bicyclic) bond motifs is 1. The van der Waals surface area contributed by atoms with Crippen molar-refractivity contribution in [1.29, 1.82) is 0 Å². The van der Waals surface area contributed by atoms with E-state index in [9.17, 15) is 9.90 Å². The Hall–Kier alpha value is -1.12. The standard InChI is InChI=1S/C17H15BrINO3/c1-23-12-4-2-3-10(5-12)16(9-21)20-8-14-13(17(20)22)6-11(19)7-15(14)18/h2-7,16,21H,8-9H2,1H3. The van der Waals surface area contributed by atoms with Gasteiger partial charge in [0, 0.05) is 20.2 Å². The van der Waals surface area contributed by atoms with Crippen LogP contribution in [0.3, 0.4) is 0 Å². The van der Waals surface area contributed by atoms with Gasteiger partial charge in [0.25, 0.3) is 5.91 Å². The lowest BCUT2D eigenvalue weighted by Crippen LogP contribution is -2.31. The zero-order chi connectivity index (χ0) is 16.6. The van der Waals surface area contributed by atoms with Crippen molar-refractivity contribution in [3.63, 3.8) is 0 Å². The molecule has 3 rings (SSSR count). The number of halogens is 2. The summed E-state index contributed by atoms with van der Waals surface area (Å²) in [5.74, 6) is 0.655. The Kier molecular flexibility index (Phi) is 4.93. The number of methoxy groups -OCH3 is 1. The number of hydrogen-bond acceptors (Lipinski definition) is 3. The number of aliphatic hydroxyl groups is 1. The van der Waals surface area contributed by atoms with E-state index in [0.29, 0.717) is 17.9 Å². The van der Waals surface area contributed by atoms with Crippen LogP contribution in [-0.2, 0) is 6.54 Å². The Labute approximate surface area is 156 Å². The molecule has 2 aromatic rings. The largest absolute Gasteiger partial charge is 0.497 e. The van der Waals surface area contributed by atoms with Crippen molar-refractivity contribution < 1.29 is 14.6 Å². The number of ether oxygens (including phenoxy) is 1. The summed E-state index contributed by atoms with van der Waals surface area (Å²) in [6.45, 7) is 0.343. The molecule has 1 unspecified atom stereocenters. The third kappa shape index (κ3) is 3.12. The minimum atomic E-state index is -0.394. The molecule has 0 saturated heterocycles. The van der Waals surface area contributed by atoms with Crippen LogP contribution in [0.15, 0.2) is 40.9 Å². The highest BCUT2D eigenvalue weighted by Crippen LogP contribution is 2.36. The minimum Gasteiger partial charge on any atom is -0.497 e. The molecule has 6 heteroatoms. The van der Waals surface area contributed by atoms with Crippen molar-refractivity contribution in [2.24, 2.45) is 0 Å². The molecule has 1 aliphatic rings. The molecule has 1 atom stereocenters. The van der Waals surface area contributed by atoms with E-state index in [1.54, 1.807) is 12.0 Å². The molecule has 1 amide bonds. The molecule has 0 saturated carbocycles. The quantitative estimate of drug-likeness (QED) is 0.668. The zero-order valence-electron chi connectivity index (χ0n) is 12.4. The second-order valence-electron chi connectivity index (χ2n) is 5.32. The maximum Gasteiger partial charge on any atom is 0.255 e. The van der Waals surface area contributed by atoms with Crippen molar-refractivity contribution in [3.8, 4) is 5.75 Å². The fraction of sp³-hybridized carbons (Fsp3) is 0.235. The van der Waals surface area contributed by atoms with Gasteiger partial charge in [-0.15, -0.1) is 0 Å². The molecule has 0 bridgehead atoms. The van der Waals surface area contributed by atoms with E-state index in [4.69, 9.17) is 4.74 Å². The molecular formula is C17H15BrINO3. The first-order valence-electron chi connectivity index (χ1n) is 7.09. The van der Waals surface area contributed by atoms with E-state index in [-0.39, 0.29) is 12.5 Å². The van der Waals surface area contributed by atoms with Crippen molar-refractivity contribution in [2.45, 2.75) is 12.6 Å². The van der Waals surface area contributed by atoms with Crippen LogP contribution >= 0.6 is 38.5 Å². The number of rotatable bonds is 4. The molecule has 2 aromatic carbocycles. The minimum absolute atomic E-state index is 0.0546. The van der Waals surface area contributed by atoms with Crippen LogP contribution < -0.4 is 4.74 Å². The number of carbonyl (C=O) groups excluding carboxylic acids is 1. The first kappa shape index (κ1) is 16.7. The van der Waals surface area contributed by atoms with Gasteiger partial charge in [-0.25, -0.2) is 0 Å². The first-order chi connectivity index (χ1) is 11.0. The lowest BCUT2D eigenvalue weighted by molar-refractivity contribution is 0.0615. The highest BCUT2D eigenvalue weighted by Gasteiger charge is 2.34. The molecule has 0 spiro atoms. The predicted octanol–water partition coefficient (Wildman–Crippen LogP) is 3.75. The summed E-state index contributed by atoms with van der Waals surface area (Å²) in [6.07, 6.45) is 0. The van der Waals surface area contributed by atoms with Crippen LogP contribution in [0.5, 0.6) is 5.75 Å². The van der Waals surface area contributed by atoms with Crippen LogP contribution in [0.2, 0.25) is 0 Å². The number of amides is 1. The summed E-state index contributed by atoms with van der Waals surface area (Å²) in [7, 11) is 1.60. The molecule has 120 valence electrons. The maximum absolute atomic E-state index is 12.8. The van der Waals surface area contributed by atoms with Gasteiger partial charge < -0.3 is 14.7 Å². The zero-order valence-corrected chi connectivity index (χ0v) is 16.2. The SMILES string of the molecule is COc1cccc(C(CO)N2Cc3c(Br)cc(I)cc3C2=O)c1. The molecule has 0 aliphatic carbocycles. The van der Waals surface area contributed by atoms with Gasteiger partial charge in [-0.1, -0.05) is 28.1 Å². The summed E-state index contributed by atoms with van der Waals surface area (Å²) >= 11 is 5.73. The average Bonchev–Trinajstić information content (AvgIpc) is 2.86. The number of benzene rings is 2. The van der Waals surface area contributed by atoms with Gasteiger partial charge in [0.2, 0.25) is 0 Å². The topological polar surface area (TPSA) is 49.8 Å². The summed E-state index contributed by atoms with van der Waals surface area (Å²) in [4.78, 5) is 14.5. The van der Waals surface area contributed by atoms with Crippen molar-refractivity contribution in [3.05, 3.63) is 61.1 Å². The van der Waals surface area contributed by atoms with Crippen LogP contribution in [0, 0.1) is 3.57 Å². The Balaban J connectivity index is 1.98. The second-order valence-corrected chi connectivity index (χ2v) is 7.42. The molecule has 23 heavy (non-hydrogen) atoms. The van der Waals surface area contributed by atoms with Crippen LogP contribution in [0.25, 0.3) is 0 Å². The first-order valence-corrected chi connectivity index (χ1v) is 8.96. The van der Waals surface area contributed by atoms with Crippen molar-refractivity contribution >= 4 is 44.4 Å². The Morgan fingerprint density at radius 3 is 2.87 bits per heavy atom. The van der Waals surface area contributed by atoms with E-state index in [0.717, 1.165) is 19.2 Å². The molecule has 0 radical (unpaired) electrons. The summed E-state index contributed by atoms with van der Waals surface area (Å²) in [5.41, 5.74) is 2.53. The van der Waals surface area contributed by atoms with E-state index in [1.807, 2.05) is 36.4 Å². The van der Waals surface area contributed by atoms with Crippen molar-refractivity contribution in [1.82, 2.24) is 4.90 Å². The van der Waals surface area contributed by atoms with E-state index in [1.165, 1.54) is 0 Å². The molecule has 0 aromatic heterocycles. The number of carbonyl (C=O) groups is 1. The fourth-order valence-corrected chi connectivity index (χ4v) is 4.47. The highest BCUT2D eigenvalue weighted by atomic mass is 127. The smallest absolute Gasteiger partial charge is 0.255 e. The monoisotopic (exact) mass is 487 g/mol. The highest BCUT2D eigenvalue weighted by molar-refractivity contribution is 14.1. The van der Waals surface area contributed by atoms with Crippen molar-refractivity contribution in [2.75, 3.05) is 13.7 Å². The predicted molar refractivity (Wildman–Crippen MR) is 99.6 cm³/mol. The van der Waals surface area contributed by atoms with Gasteiger partial charge in [0.05, 0.1) is 19.8 Å². The number of aliphatic hydroxyl groups excluding tert-OH is 1. The third-order valence-electron chi connectivity index (χ3n) is 4.01. The normalized spacial score (nSPS) is 14.8. The van der Waals surface area contributed by atoms with E-state index in [2.05, 4.69) is 38.5 Å². The van der Waals surface area contributed by atoms with Crippen LogP contribution in [0.4, 0.5) is 0 Å². The van der Waals surface area contributed by atoms with Crippen LogP contribution in [0.1, 0.15) is 27.5 Å². The van der Waals surface area contributed by atoms with Gasteiger partial charge in [-0.2, -0.15) is 0 Å². The van der Waals surface area contributed by atoms with Crippen LogP contribution in [-0.4, -0.2) is 29.6 Å². The molecular weight excluding hydrogens is 473 g/mol. The third-order valence-corrected chi connectivity index (χ3v) is 5.34. The second kappa shape index (κ2) is 6.78. The summed E-state index contributed by atoms with van der Waals surface area (Å²) in [6, 6.07) is 11.0. The lowest BCUT2D eigenvalue weighted by atomic mass is 10.1. The van der Waals surface area contributed by atoms with Gasteiger partial charge >= 0.3 is 0 Å². The fourth-order valence-electron chi connectivity index (χ4n) is 2.84. The van der Waals surface area contributed by atoms with Gasteiger partial charge in [-0.05, 0) is 58.0 Å². The number of hydrogen-bond donors (Lipinski definition) is 1. The Morgan fingerprint density at radius 1 is 1.39 bits per heavy atom. The molecule has 4 nitrogen and oxygen atoms in total. The molecule has 1 N–H and O–H groups in total. The number of nitrogens with zero attached hydrogens (tertiary/aromatic N) is 1. The van der Waals surface area contributed by atoms with E-state index >= 15 is 0 Å². The average molecular weight is 488 g/mol. The Bertz CT molecular complexity index is 765. The van der Waals surface area contributed by atoms with Gasteiger partial charge in [-0.3, -0.25) is 4.79 Å².